The second kappa shape index (κ2) is 29.7. The van der Waals surface area contributed by atoms with E-state index in [9.17, 15) is 110 Å². The van der Waals surface area contributed by atoms with Crippen LogP contribution >= 0.6 is 12.4 Å². The highest BCUT2D eigenvalue weighted by Crippen LogP contribution is 2.44. The maximum absolute atomic E-state index is 13.7. The highest BCUT2D eigenvalue weighted by molar-refractivity contribution is 5.85. The van der Waals surface area contributed by atoms with Crippen LogP contribution in [0.5, 0.6) is 0 Å². The third-order valence-electron chi connectivity index (χ3n) is 12.7. The fourth-order valence-corrected chi connectivity index (χ4v) is 8.22. The van der Waals surface area contributed by atoms with Gasteiger partial charge in [0.2, 0.25) is 0 Å². The van der Waals surface area contributed by atoms with Crippen molar-refractivity contribution in [3.63, 3.8) is 0 Å². The second-order valence-corrected chi connectivity index (χ2v) is 18.9. The highest BCUT2D eigenvalue weighted by atomic mass is 35.5. The van der Waals surface area contributed by atoms with Crippen molar-refractivity contribution in [2.24, 2.45) is 0 Å². The Bertz CT molecular complexity index is 3720. The number of nitrogens with two attached hydrogens (primary N) is 1. The lowest BCUT2D eigenvalue weighted by Crippen LogP contribution is -2.11. The third kappa shape index (κ3) is 19.6. The summed E-state index contributed by atoms with van der Waals surface area (Å²) in [4.78, 5) is 9.97. The highest BCUT2D eigenvalue weighted by Gasteiger charge is 2.40. The van der Waals surface area contributed by atoms with Crippen LogP contribution in [-0.4, -0.2) is 6.29 Å². The van der Waals surface area contributed by atoms with Crippen molar-refractivity contribution in [3.8, 4) is 33.4 Å². The quantitative estimate of drug-likeness (QED) is 0.0725. The molecule has 0 unspecified atom stereocenters. The Morgan fingerprint density at radius 2 is 0.576 bits per heavy atom. The molecule has 0 heterocycles. The van der Waals surface area contributed by atoms with Crippen LogP contribution in [0.25, 0.3) is 33.4 Å². The van der Waals surface area contributed by atoms with Gasteiger partial charge in [0.1, 0.15) is 34.9 Å². The van der Waals surface area contributed by atoms with Crippen LogP contribution in [0.15, 0.2) is 182 Å². The summed E-state index contributed by atoms with van der Waals surface area (Å²) in [5.41, 5.74) is -3.60. The number of carbonyl (C=O) groups is 1. The molecule has 0 aliphatic carbocycles. The number of carbonyl (C=O) groups excluding carboxylic acids is 1. The molecule has 0 saturated carbocycles. The first-order valence-corrected chi connectivity index (χ1v) is 25.4. The second-order valence-electron chi connectivity index (χ2n) is 18.9. The van der Waals surface area contributed by atoms with Gasteiger partial charge in [-0.05, 0) is 161 Å². The molecule has 4 nitrogen and oxygen atoms in total. The number of nitrogen functional groups attached to an aromatic ring is 1. The monoisotopic (exact) mass is 1350 g/mol. The van der Waals surface area contributed by atoms with Gasteiger partial charge in [-0.2, -0.15) is 79.0 Å². The molecule has 0 atom stereocenters. The molecule has 4 N–H and O–H groups in total. The lowest BCUT2D eigenvalue weighted by molar-refractivity contribution is -0.141. The molecule has 29 heteroatoms. The number of hydrogen-bond donors (Lipinski definition) is 3. The minimum Gasteiger partial charge on any atom is -0.399 e. The van der Waals surface area contributed by atoms with E-state index in [-0.39, 0.29) is 59.6 Å². The first-order valence-electron chi connectivity index (χ1n) is 25.4. The van der Waals surface area contributed by atoms with Crippen molar-refractivity contribution in [1.29, 1.82) is 0 Å². The van der Waals surface area contributed by atoms with E-state index in [4.69, 9.17) is 5.73 Å². The molecule has 0 fully saturated rings. The van der Waals surface area contributed by atoms with Gasteiger partial charge in [-0.3, -0.25) is 4.79 Å². The average Bonchev–Trinajstić information content (AvgIpc) is 0.814. The fraction of sp³-hybridized carbons (Fsp3) is 0.127. The molecule has 0 aromatic heterocycles. The number of anilines is 3. The number of benzene rings is 9. The molecule has 9 aromatic carbocycles. The number of halogens is 25. The van der Waals surface area contributed by atoms with Gasteiger partial charge in [0.25, 0.3) is 0 Å². The minimum atomic E-state index is -4.85. The molecule has 488 valence electrons. The van der Waals surface area contributed by atoms with Crippen LogP contribution in [0.4, 0.5) is 122 Å². The van der Waals surface area contributed by atoms with Gasteiger partial charge in [-0.15, -0.1) is 12.4 Å². The van der Waals surface area contributed by atoms with Crippen LogP contribution in [0, 0.1) is 34.9 Å². The molecule has 0 saturated heterocycles. The van der Waals surface area contributed by atoms with Crippen LogP contribution in [0.3, 0.4) is 0 Å². The largest absolute Gasteiger partial charge is 0.417 e. The van der Waals surface area contributed by atoms with Crippen LogP contribution in [0.2, 0.25) is 0 Å². The number of hydrogen-bond acceptors (Lipinski definition) is 4. The first-order chi connectivity index (χ1) is 42.3. The smallest absolute Gasteiger partial charge is 0.399 e. The Kier molecular flexibility index (Phi) is 23.7. The van der Waals surface area contributed by atoms with Gasteiger partial charge in [-0.25, -0.2) is 26.3 Å². The number of nitrogens with one attached hydrogen (secondary N) is 2. The van der Waals surface area contributed by atoms with E-state index in [1.807, 2.05) is 0 Å². The lowest BCUT2D eigenvalue weighted by atomic mass is 9.96. The first kappa shape index (κ1) is 73.4. The SMILES string of the molecule is Cl.Fc1cccc(F)c1CNc1ccc(-c2cc(C(F)(F)F)ccc2C(F)(F)F)cc1.Fc1cccc(F)c1CNc1ccc(-c2cc(C(F)(F)F)ccc2C(F)(F)F)cc1.Nc1ccc(-c2cc(C(F)(F)F)ccc2C(F)(F)F)cc1.O=Cc1c(F)cccc1F. The summed E-state index contributed by atoms with van der Waals surface area (Å²) in [7, 11) is 0. The topological polar surface area (TPSA) is 67.2 Å². The van der Waals surface area contributed by atoms with Gasteiger partial charge >= 0.3 is 37.1 Å². The van der Waals surface area contributed by atoms with Crippen LogP contribution in [-0.2, 0) is 50.1 Å². The van der Waals surface area contributed by atoms with Crippen molar-refractivity contribution < 1.29 is 110 Å². The van der Waals surface area contributed by atoms with Gasteiger partial charge < -0.3 is 16.4 Å². The summed E-state index contributed by atoms with van der Waals surface area (Å²) in [6.07, 6.45) is -28.6. The predicted molar refractivity (Wildman–Crippen MR) is 296 cm³/mol. The van der Waals surface area contributed by atoms with Gasteiger partial charge in [0.15, 0.2) is 6.29 Å². The van der Waals surface area contributed by atoms with E-state index in [1.54, 1.807) is 0 Å². The molecular weight excluding hydrogens is 1310 g/mol. The molecule has 0 aliphatic rings. The summed E-state index contributed by atoms with van der Waals surface area (Å²) < 4.78 is 313. The maximum Gasteiger partial charge on any atom is 0.417 e. The summed E-state index contributed by atoms with van der Waals surface area (Å²) >= 11 is 0. The van der Waals surface area contributed by atoms with Gasteiger partial charge in [0.05, 0.1) is 38.9 Å². The molecule has 0 aliphatic heterocycles. The number of alkyl halides is 18. The van der Waals surface area contributed by atoms with Crippen molar-refractivity contribution in [1.82, 2.24) is 0 Å². The average molecular weight is 1350 g/mol. The lowest BCUT2D eigenvalue weighted by Gasteiger charge is -2.16. The standard InChI is InChI=1S/2C21H13F8N.C14H9F6N.C7H4F2O.ClH/c2*22-18-2-1-3-19(23)16(18)11-30-14-7-4-12(5-8-14)15-10-13(20(24,25)26)6-9-17(15)21(27,28)29;15-13(16,17)9-3-6-12(14(18,19)20)11(7-9)8-1-4-10(21)5-2-8;8-6-2-1-3-7(9)5(6)4-10;/h2*1-10,30H,11H2;1-7H,21H2;1-4H;1H. The maximum atomic E-state index is 13.7. The molecule has 92 heavy (non-hydrogen) atoms. The molecule has 9 aromatic rings. The normalized spacial score (nSPS) is 11.8. The van der Waals surface area contributed by atoms with E-state index in [1.165, 1.54) is 91.0 Å². The molecule has 0 spiro atoms. The van der Waals surface area contributed by atoms with Gasteiger partial charge in [0, 0.05) is 41.3 Å². The molecule has 0 bridgehead atoms. The Morgan fingerprint density at radius 3 is 0.804 bits per heavy atom. The minimum absolute atomic E-state index is 0. The van der Waals surface area contributed by atoms with E-state index in [0.29, 0.717) is 71.7 Å². The molecular formula is C63H40ClF24N3O. The zero-order chi connectivity index (χ0) is 67.6. The Morgan fingerprint density at radius 1 is 0.326 bits per heavy atom. The van der Waals surface area contributed by atoms with E-state index >= 15 is 0 Å². The third-order valence-corrected chi connectivity index (χ3v) is 12.7. The fourth-order valence-electron chi connectivity index (χ4n) is 8.22. The predicted octanol–water partition coefficient (Wildman–Crippen LogP) is 21.7. The van der Waals surface area contributed by atoms with Crippen LogP contribution in [0.1, 0.15) is 54.9 Å². The summed E-state index contributed by atoms with van der Waals surface area (Å²) in [5.74, 6) is -4.71. The Labute approximate surface area is 511 Å². The van der Waals surface area contributed by atoms with E-state index in [2.05, 4.69) is 10.6 Å². The zero-order valence-electron chi connectivity index (χ0n) is 45.8. The Hall–Kier alpha value is -9.34. The summed E-state index contributed by atoms with van der Waals surface area (Å²) in [6.45, 7) is -0.454. The molecule has 0 radical (unpaired) electrons. The van der Waals surface area contributed by atoms with Crippen molar-refractivity contribution in [2.45, 2.75) is 50.1 Å². The summed E-state index contributed by atoms with van der Waals surface area (Å²) in [6, 6.07) is 29.0. The van der Waals surface area contributed by atoms with E-state index in [0.717, 1.165) is 36.4 Å². The van der Waals surface area contributed by atoms with Crippen molar-refractivity contribution in [3.05, 3.63) is 267 Å². The zero-order valence-corrected chi connectivity index (χ0v) is 46.6. The van der Waals surface area contributed by atoms with Crippen molar-refractivity contribution in [2.75, 3.05) is 16.4 Å². The molecule has 0 amide bonds. The van der Waals surface area contributed by atoms with Gasteiger partial charge in [-0.1, -0.05) is 54.6 Å². The summed E-state index contributed by atoms with van der Waals surface area (Å²) in [5, 5.41) is 5.44. The molecule has 9 rings (SSSR count). The number of rotatable bonds is 10. The van der Waals surface area contributed by atoms with E-state index < -0.39 is 128 Å². The Balaban J connectivity index is 0.000000234. The van der Waals surface area contributed by atoms with Crippen LogP contribution < -0.4 is 16.4 Å². The number of aldehydes is 1. The van der Waals surface area contributed by atoms with Crippen molar-refractivity contribution >= 4 is 35.8 Å².